The fraction of sp³-hybridized carbons (Fsp3) is 0. The first-order valence-corrected chi connectivity index (χ1v) is 3.79. The Morgan fingerprint density at radius 1 is 1.46 bits per heavy atom. The second-order valence-electron chi connectivity index (χ2n) is 2.74. The van der Waals surface area contributed by atoms with E-state index in [0.29, 0.717) is 11.3 Å². The van der Waals surface area contributed by atoms with Crippen molar-refractivity contribution in [2.24, 2.45) is 0 Å². The molecule has 4 nitrogen and oxygen atoms in total. The number of fused-ring (bicyclic) bond motifs is 1. The zero-order valence-corrected chi connectivity index (χ0v) is 6.77. The predicted octanol–water partition coefficient (Wildman–Crippen LogP) is 1.22. The van der Waals surface area contributed by atoms with Crippen LogP contribution in [0.1, 0.15) is 10.4 Å². The van der Waals surface area contributed by atoms with Crippen LogP contribution in [0, 0.1) is 0 Å². The zero-order chi connectivity index (χ0) is 9.42. The van der Waals surface area contributed by atoms with Crippen molar-refractivity contribution in [1.82, 2.24) is 4.40 Å². The van der Waals surface area contributed by atoms with Crippen LogP contribution in [0.15, 0.2) is 30.5 Å². The van der Waals surface area contributed by atoms with Gasteiger partial charge < -0.3 is 15.2 Å². The molecule has 0 aliphatic rings. The third-order valence-electron chi connectivity index (χ3n) is 1.94. The average Bonchev–Trinajstić information content (AvgIpc) is 2.45. The molecule has 2 aromatic rings. The molecule has 0 radical (unpaired) electrons. The number of nitrogens with two attached hydrogens (primary N) is 1. The molecule has 66 valence electrons. The highest BCUT2D eigenvalue weighted by molar-refractivity contribution is 5.97. The first-order valence-electron chi connectivity index (χ1n) is 3.79. The third kappa shape index (κ3) is 1.03. The third-order valence-corrected chi connectivity index (χ3v) is 1.94. The minimum Gasteiger partial charge on any atom is -0.478 e. The lowest BCUT2D eigenvalue weighted by molar-refractivity contribution is 0.0699. The number of pyridine rings is 1. The quantitative estimate of drug-likeness (QED) is 0.686. The second kappa shape index (κ2) is 2.52. The monoisotopic (exact) mass is 176 g/mol. The van der Waals surface area contributed by atoms with Crippen LogP contribution in [0.4, 0.5) is 5.82 Å². The largest absolute Gasteiger partial charge is 0.478 e. The summed E-state index contributed by atoms with van der Waals surface area (Å²) in [5.74, 6) is -0.520. The Bertz CT molecular complexity index is 473. The Morgan fingerprint density at radius 3 is 2.92 bits per heavy atom. The van der Waals surface area contributed by atoms with E-state index in [1.165, 1.54) is 6.07 Å². The maximum Gasteiger partial charge on any atom is 0.337 e. The van der Waals surface area contributed by atoms with Gasteiger partial charge >= 0.3 is 5.97 Å². The highest BCUT2D eigenvalue weighted by Gasteiger charge is 2.11. The number of anilines is 1. The molecule has 0 spiro atoms. The van der Waals surface area contributed by atoms with E-state index in [9.17, 15) is 4.79 Å². The molecular weight excluding hydrogens is 168 g/mol. The normalized spacial score (nSPS) is 10.5. The highest BCUT2D eigenvalue weighted by Crippen LogP contribution is 2.17. The highest BCUT2D eigenvalue weighted by atomic mass is 16.4. The molecule has 0 unspecified atom stereocenters. The first-order chi connectivity index (χ1) is 6.20. The van der Waals surface area contributed by atoms with Gasteiger partial charge in [0.05, 0.1) is 11.1 Å². The summed E-state index contributed by atoms with van der Waals surface area (Å²) >= 11 is 0. The Morgan fingerprint density at radius 2 is 2.23 bits per heavy atom. The minimum absolute atomic E-state index is 0.234. The van der Waals surface area contributed by atoms with Crippen LogP contribution >= 0.6 is 0 Å². The van der Waals surface area contributed by atoms with Crippen molar-refractivity contribution < 1.29 is 9.90 Å². The van der Waals surface area contributed by atoms with Gasteiger partial charge in [0.2, 0.25) is 0 Å². The standard InChI is InChI=1S/C9H8N2O2/c10-8-5-6(9(12)13)7-3-1-2-4-11(7)8/h1-5H,10H2,(H,12,13). The zero-order valence-electron chi connectivity index (χ0n) is 6.77. The molecule has 0 amide bonds. The lowest BCUT2D eigenvalue weighted by Gasteiger charge is -1.95. The van der Waals surface area contributed by atoms with Gasteiger partial charge in [-0.25, -0.2) is 4.79 Å². The molecule has 2 rings (SSSR count). The molecule has 0 aliphatic carbocycles. The summed E-state index contributed by atoms with van der Waals surface area (Å²) in [4.78, 5) is 10.8. The summed E-state index contributed by atoms with van der Waals surface area (Å²) in [6.45, 7) is 0. The van der Waals surface area contributed by atoms with Crippen molar-refractivity contribution >= 4 is 17.3 Å². The number of rotatable bonds is 1. The van der Waals surface area contributed by atoms with Crippen LogP contribution in [0.25, 0.3) is 5.52 Å². The average molecular weight is 176 g/mol. The number of carboxylic acids is 1. The fourth-order valence-electron chi connectivity index (χ4n) is 1.35. The van der Waals surface area contributed by atoms with Gasteiger partial charge in [0.25, 0.3) is 0 Å². The number of nitrogens with zero attached hydrogens (tertiary/aromatic N) is 1. The smallest absolute Gasteiger partial charge is 0.337 e. The van der Waals surface area contributed by atoms with Crippen LogP contribution in [-0.2, 0) is 0 Å². The maximum atomic E-state index is 10.8. The van der Waals surface area contributed by atoms with Gasteiger partial charge in [-0.15, -0.1) is 0 Å². The van der Waals surface area contributed by atoms with Crippen molar-refractivity contribution in [2.45, 2.75) is 0 Å². The fourth-order valence-corrected chi connectivity index (χ4v) is 1.35. The van der Waals surface area contributed by atoms with Crippen molar-refractivity contribution in [1.29, 1.82) is 0 Å². The number of hydrogen-bond donors (Lipinski definition) is 2. The lowest BCUT2D eigenvalue weighted by Crippen LogP contribution is -1.94. The number of nitrogen functional groups attached to an aromatic ring is 1. The molecule has 0 aromatic carbocycles. The van der Waals surface area contributed by atoms with Gasteiger partial charge in [-0.3, -0.25) is 0 Å². The SMILES string of the molecule is Nc1cc(C(=O)O)c2ccccn12. The number of carbonyl (C=O) groups is 1. The van der Waals surface area contributed by atoms with E-state index < -0.39 is 5.97 Å². The molecule has 13 heavy (non-hydrogen) atoms. The summed E-state index contributed by atoms with van der Waals surface area (Å²) in [5.41, 5.74) is 6.47. The molecule has 4 heteroatoms. The minimum atomic E-state index is -0.958. The summed E-state index contributed by atoms with van der Waals surface area (Å²) in [6.07, 6.45) is 1.73. The topological polar surface area (TPSA) is 67.7 Å². The van der Waals surface area contributed by atoms with Crippen molar-refractivity contribution in [3.8, 4) is 0 Å². The molecule has 3 N–H and O–H groups in total. The van der Waals surface area contributed by atoms with E-state index in [2.05, 4.69) is 0 Å². The molecule has 0 fully saturated rings. The van der Waals surface area contributed by atoms with Crippen molar-refractivity contribution in [2.75, 3.05) is 5.73 Å². The molecule has 2 aromatic heterocycles. The summed E-state index contributed by atoms with van der Waals surface area (Å²) in [5, 5.41) is 8.83. The predicted molar refractivity (Wildman–Crippen MR) is 48.8 cm³/mol. The van der Waals surface area contributed by atoms with E-state index in [1.807, 2.05) is 0 Å². The number of carboxylic acid groups (broad SMARTS) is 1. The molecule has 0 atom stereocenters. The van der Waals surface area contributed by atoms with Gasteiger partial charge in [-0.1, -0.05) is 6.07 Å². The van der Waals surface area contributed by atoms with Crippen LogP contribution in [-0.4, -0.2) is 15.5 Å². The lowest BCUT2D eigenvalue weighted by atomic mass is 10.2. The van der Waals surface area contributed by atoms with Crippen molar-refractivity contribution in [3.05, 3.63) is 36.0 Å². The van der Waals surface area contributed by atoms with Crippen LogP contribution in [0.2, 0.25) is 0 Å². The van der Waals surface area contributed by atoms with Crippen LogP contribution < -0.4 is 5.73 Å². The second-order valence-corrected chi connectivity index (χ2v) is 2.74. The van der Waals surface area contributed by atoms with E-state index in [1.54, 1.807) is 28.8 Å². The molecule has 0 bridgehead atoms. The maximum absolute atomic E-state index is 10.8. The number of aromatic nitrogens is 1. The van der Waals surface area contributed by atoms with Crippen molar-refractivity contribution in [3.63, 3.8) is 0 Å². The van der Waals surface area contributed by atoms with E-state index in [-0.39, 0.29) is 5.56 Å². The van der Waals surface area contributed by atoms with Crippen LogP contribution in [0.5, 0.6) is 0 Å². The Balaban J connectivity index is 2.85. The van der Waals surface area contributed by atoms with Crippen LogP contribution in [0.3, 0.4) is 0 Å². The van der Waals surface area contributed by atoms with E-state index in [4.69, 9.17) is 10.8 Å². The van der Waals surface area contributed by atoms with Gasteiger partial charge in [0, 0.05) is 6.20 Å². The Labute approximate surface area is 74.2 Å². The van der Waals surface area contributed by atoms with E-state index in [0.717, 1.165) is 0 Å². The molecule has 0 saturated heterocycles. The van der Waals surface area contributed by atoms with Gasteiger partial charge in [0.15, 0.2) is 0 Å². The molecule has 0 aliphatic heterocycles. The van der Waals surface area contributed by atoms with E-state index >= 15 is 0 Å². The Hall–Kier alpha value is -1.97. The molecular formula is C9H8N2O2. The molecule has 2 heterocycles. The van der Waals surface area contributed by atoms with Gasteiger partial charge in [-0.2, -0.15) is 0 Å². The van der Waals surface area contributed by atoms with Gasteiger partial charge in [-0.05, 0) is 18.2 Å². The summed E-state index contributed by atoms with van der Waals surface area (Å²) < 4.78 is 1.64. The molecule has 0 saturated carbocycles. The summed E-state index contributed by atoms with van der Waals surface area (Å²) in [6, 6.07) is 6.76. The van der Waals surface area contributed by atoms with Gasteiger partial charge in [0.1, 0.15) is 5.82 Å². The Kier molecular flexibility index (Phi) is 1.48. The summed E-state index contributed by atoms with van der Waals surface area (Å²) in [7, 11) is 0. The first kappa shape index (κ1) is 7.67. The number of hydrogen-bond acceptors (Lipinski definition) is 2. The number of aromatic carboxylic acids is 1.